The van der Waals surface area contributed by atoms with Crippen molar-refractivity contribution < 1.29 is 0 Å². The summed E-state index contributed by atoms with van der Waals surface area (Å²) < 4.78 is 2.01. The Labute approximate surface area is 97.4 Å². The largest absolute Gasteiger partial charge is 0.330 e. The van der Waals surface area contributed by atoms with Crippen LogP contribution in [0.5, 0.6) is 0 Å². The maximum Gasteiger partial charge on any atom is 0.0625 e. The van der Waals surface area contributed by atoms with Crippen molar-refractivity contribution in [2.45, 2.75) is 26.3 Å². The Hall–Kier alpha value is -0.870. The predicted octanol–water partition coefficient (Wildman–Crippen LogP) is 0.763. The van der Waals surface area contributed by atoms with Crippen LogP contribution in [0, 0.1) is 5.92 Å². The van der Waals surface area contributed by atoms with Crippen LogP contribution in [0.2, 0.25) is 0 Å². The van der Waals surface area contributed by atoms with E-state index in [9.17, 15) is 0 Å². The number of rotatable bonds is 4. The van der Waals surface area contributed by atoms with Crippen molar-refractivity contribution in [3.8, 4) is 0 Å². The third kappa shape index (κ3) is 2.44. The highest BCUT2D eigenvalue weighted by Crippen LogP contribution is 2.17. The van der Waals surface area contributed by atoms with E-state index >= 15 is 0 Å². The second kappa shape index (κ2) is 4.97. The van der Waals surface area contributed by atoms with Gasteiger partial charge in [-0.3, -0.25) is 9.58 Å². The van der Waals surface area contributed by atoms with Crippen molar-refractivity contribution >= 4 is 0 Å². The second-order valence-electron chi connectivity index (χ2n) is 4.73. The van der Waals surface area contributed by atoms with E-state index in [2.05, 4.69) is 23.0 Å². The molecular weight excluding hydrogens is 200 g/mol. The zero-order valence-corrected chi connectivity index (χ0v) is 10.3. The van der Waals surface area contributed by atoms with E-state index in [1.165, 1.54) is 24.4 Å². The number of hydrogen-bond acceptors (Lipinski definition) is 3. The van der Waals surface area contributed by atoms with E-state index in [-0.39, 0.29) is 0 Å². The molecular formula is C12H22N4. The summed E-state index contributed by atoms with van der Waals surface area (Å²) in [6.45, 7) is 6.30. The van der Waals surface area contributed by atoms with E-state index in [4.69, 9.17) is 5.73 Å². The fourth-order valence-corrected chi connectivity index (χ4v) is 2.37. The molecule has 0 radical (unpaired) electrons. The molecule has 1 unspecified atom stereocenters. The number of aryl methyl sites for hydroxylation is 2. The van der Waals surface area contributed by atoms with Crippen molar-refractivity contribution in [1.82, 2.24) is 14.7 Å². The maximum atomic E-state index is 5.70. The van der Waals surface area contributed by atoms with Crippen molar-refractivity contribution in [3.63, 3.8) is 0 Å². The third-order valence-electron chi connectivity index (χ3n) is 3.48. The summed E-state index contributed by atoms with van der Waals surface area (Å²) in [5.74, 6) is 0.693. The molecule has 0 spiro atoms. The highest BCUT2D eigenvalue weighted by molar-refractivity contribution is 5.10. The monoisotopic (exact) mass is 222 g/mol. The van der Waals surface area contributed by atoms with Gasteiger partial charge in [-0.25, -0.2) is 0 Å². The van der Waals surface area contributed by atoms with Gasteiger partial charge in [-0.15, -0.1) is 0 Å². The van der Waals surface area contributed by atoms with Crippen LogP contribution in [0.1, 0.15) is 24.7 Å². The standard InChI is InChI=1S/C12H22N4/c1-3-11-6-12(15(2)14-11)9-16-5-4-10(7-13)8-16/h6,10H,3-5,7-9,13H2,1-2H3. The molecule has 1 aliphatic rings. The molecule has 1 saturated heterocycles. The third-order valence-corrected chi connectivity index (χ3v) is 3.48. The second-order valence-corrected chi connectivity index (χ2v) is 4.73. The van der Waals surface area contributed by atoms with E-state index in [1.807, 2.05) is 11.7 Å². The average molecular weight is 222 g/mol. The van der Waals surface area contributed by atoms with Crippen molar-refractivity contribution in [2.75, 3.05) is 19.6 Å². The molecule has 0 saturated carbocycles. The van der Waals surface area contributed by atoms with Crippen LogP contribution in [0.25, 0.3) is 0 Å². The van der Waals surface area contributed by atoms with Crippen LogP contribution >= 0.6 is 0 Å². The highest BCUT2D eigenvalue weighted by atomic mass is 15.3. The number of nitrogens with zero attached hydrogens (tertiary/aromatic N) is 3. The van der Waals surface area contributed by atoms with Crippen LogP contribution < -0.4 is 5.73 Å². The van der Waals surface area contributed by atoms with Crippen molar-refractivity contribution in [3.05, 3.63) is 17.5 Å². The minimum atomic E-state index is 0.693. The molecule has 1 fully saturated rings. The van der Waals surface area contributed by atoms with Crippen LogP contribution in [-0.2, 0) is 20.0 Å². The van der Waals surface area contributed by atoms with Crippen molar-refractivity contribution in [2.24, 2.45) is 18.7 Å². The minimum absolute atomic E-state index is 0.693. The molecule has 2 heterocycles. The quantitative estimate of drug-likeness (QED) is 0.818. The average Bonchev–Trinajstić information content (AvgIpc) is 2.87. The molecule has 2 N–H and O–H groups in total. The maximum absolute atomic E-state index is 5.70. The van der Waals surface area contributed by atoms with Gasteiger partial charge in [0.15, 0.2) is 0 Å². The zero-order chi connectivity index (χ0) is 11.5. The first kappa shape index (κ1) is 11.6. The molecule has 0 bridgehead atoms. The summed E-state index contributed by atoms with van der Waals surface area (Å²) in [4.78, 5) is 2.48. The SMILES string of the molecule is CCc1cc(CN2CCC(CN)C2)n(C)n1. The molecule has 1 aromatic heterocycles. The predicted molar refractivity (Wildman–Crippen MR) is 65.0 cm³/mol. The van der Waals surface area contributed by atoms with E-state index in [1.54, 1.807) is 0 Å². The Morgan fingerprint density at radius 3 is 2.94 bits per heavy atom. The van der Waals surface area contributed by atoms with Gasteiger partial charge >= 0.3 is 0 Å². The first-order chi connectivity index (χ1) is 7.72. The molecule has 0 amide bonds. The zero-order valence-electron chi connectivity index (χ0n) is 10.3. The van der Waals surface area contributed by atoms with Crippen LogP contribution in [-0.4, -0.2) is 34.3 Å². The first-order valence-electron chi connectivity index (χ1n) is 6.17. The van der Waals surface area contributed by atoms with Gasteiger partial charge in [-0.05, 0) is 37.9 Å². The molecule has 1 atom stereocenters. The van der Waals surface area contributed by atoms with Gasteiger partial charge in [-0.1, -0.05) is 6.92 Å². The molecule has 0 aliphatic carbocycles. The summed E-state index contributed by atoms with van der Waals surface area (Å²) in [6.07, 6.45) is 2.26. The van der Waals surface area contributed by atoms with Gasteiger partial charge in [0.25, 0.3) is 0 Å². The molecule has 16 heavy (non-hydrogen) atoms. The molecule has 2 rings (SSSR count). The molecule has 1 aromatic rings. The lowest BCUT2D eigenvalue weighted by atomic mass is 10.1. The molecule has 90 valence electrons. The van der Waals surface area contributed by atoms with Gasteiger partial charge in [0, 0.05) is 20.1 Å². The molecule has 4 nitrogen and oxygen atoms in total. The van der Waals surface area contributed by atoms with Gasteiger partial charge in [0.05, 0.1) is 11.4 Å². The molecule has 4 heteroatoms. The molecule has 1 aliphatic heterocycles. The highest BCUT2D eigenvalue weighted by Gasteiger charge is 2.21. The van der Waals surface area contributed by atoms with Crippen LogP contribution in [0.4, 0.5) is 0 Å². The summed E-state index contributed by atoms with van der Waals surface area (Å²) in [7, 11) is 2.03. The van der Waals surface area contributed by atoms with E-state index in [0.717, 1.165) is 26.1 Å². The summed E-state index contributed by atoms with van der Waals surface area (Å²) in [6, 6.07) is 2.22. The smallest absolute Gasteiger partial charge is 0.0625 e. The Balaban J connectivity index is 1.96. The van der Waals surface area contributed by atoms with Gasteiger partial charge in [-0.2, -0.15) is 5.10 Å². The number of aromatic nitrogens is 2. The lowest BCUT2D eigenvalue weighted by molar-refractivity contribution is 0.308. The Bertz CT molecular complexity index is 345. The van der Waals surface area contributed by atoms with Crippen LogP contribution in [0.3, 0.4) is 0 Å². The minimum Gasteiger partial charge on any atom is -0.330 e. The van der Waals surface area contributed by atoms with E-state index < -0.39 is 0 Å². The van der Waals surface area contributed by atoms with Gasteiger partial charge in [0.1, 0.15) is 0 Å². The number of hydrogen-bond donors (Lipinski definition) is 1. The first-order valence-corrected chi connectivity index (χ1v) is 6.17. The lowest BCUT2D eigenvalue weighted by Crippen LogP contribution is -2.23. The van der Waals surface area contributed by atoms with E-state index in [0.29, 0.717) is 5.92 Å². The Morgan fingerprint density at radius 1 is 1.56 bits per heavy atom. The summed E-state index contributed by atoms with van der Waals surface area (Å²) in [5.41, 5.74) is 8.20. The van der Waals surface area contributed by atoms with Crippen LogP contribution in [0.15, 0.2) is 6.07 Å². The number of likely N-dealkylation sites (tertiary alicyclic amines) is 1. The fraction of sp³-hybridized carbons (Fsp3) is 0.750. The Morgan fingerprint density at radius 2 is 2.38 bits per heavy atom. The summed E-state index contributed by atoms with van der Waals surface area (Å²) in [5, 5.41) is 4.48. The Kier molecular flexibility index (Phi) is 3.61. The topological polar surface area (TPSA) is 47.1 Å². The molecule has 0 aromatic carbocycles. The summed E-state index contributed by atoms with van der Waals surface area (Å²) >= 11 is 0. The fourth-order valence-electron chi connectivity index (χ4n) is 2.37. The van der Waals surface area contributed by atoms with Gasteiger partial charge in [0.2, 0.25) is 0 Å². The van der Waals surface area contributed by atoms with Crippen molar-refractivity contribution in [1.29, 1.82) is 0 Å². The lowest BCUT2D eigenvalue weighted by Gasteiger charge is -2.15. The normalized spacial score (nSPS) is 21.8. The number of nitrogens with two attached hydrogens (primary N) is 1. The van der Waals surface area contributed by atoms with Gasteiger partial charge < -0.3 is 5.73 Å².